The summed E-state index contributed by atoms with van der Waals surface area (Å²) in [4.78, 5) is 0. The second kappa shape index (κ2) is 3.85. The molecule has 3 heteroatoms. The van der Waals surface area contributed by atoms with E-state index in [0.29, 0.717) is 0 Å². The molecule has 0 aromatic heterocycles. The minimum absolute atomic E-state index is 0.153. The van der Waals surface area contributed by atoms with Gasteiger partial charge in [0.1, 0.15) is 11.4 Å². The molecule has 0 fully saturated rings. The number of rotatable bonds is 3. The summed E-state index contributed by atoms with van der Waals surface area (Å²) in [6.07, 6.45) is 0.282. The topological polar surface area (TPSA) is 40.5 Å². The highest BCUT2D eigenvalue weighted by atomic mass is 19.1. The molecule has 0 aliphatic heterocycles. The summed E-state index contributed by atoms with van der Waals surface area (Å²) in [6.45, 7) is 1.23. The molecule has 72 valence electrons. The van der Waals surface area contributed by atoms with Gasteiger partial charge in [-0.05, 0) is 12.5 Å². The Bertz CT molecular complexity index is 282. The maximum Gasteiger partial charge on any atom is 0.129 e. The molecule has 0 heterocycles. The third kappa shape index (κ3) is 1.87. The molecule has 13 heavy (non-hydrogen) atoms. The van der Waals surface area contributed by atoms with Gasteiger partial charge in [-0.3, -0.25) is 0 Å². The van der Waals surface area contributed by atoms with Crippen LogP contribution in [0.3, 0.4) is 0 Å². The molecule has 2 N–H and O–H groups in total. The Morgan fingerprint density at radius 1 is 1.38 bits per heavy atom. The highest BCUT2D eigenvalue weighted by Gasteiger charge is 2.28. The van der Waals surface area contributed by atoms with Gasteiger partial charge in [0.15, 0.2) is 0 Å². The zero-order valence-corrected chi connectivity index (χ0v) is 7.50. The fraction of sp³-hybridized carbons (Fsp3) is 0.400. The lowest BCUT2D eigenvalue weighted by molar-refractivity contribution is -0.0249. The number of halogens is 1. The molecule has 1 aromatic carbocycles. The largest absolute Gasteiger partial charge is 0.393 e. The van der Waals surface area contributed by atoms with Crippen molar-refractivity contribution in [3.05, 3.63) is 35.6 Å². The monoisotopic (exact) mass is 184 g/mol. The third-order valence-electron chi connectivity index (χ3n) is 2.22. The molecular weight excluding hydrogens is 171 g/mol. The van der Waals surface area contributed by atoms with Crippen LogP contribution in [0.25, 0.3) is 0 Å². The molecule has 1 rings (SSSR count). The number of aliphatic hydroxyl groups excluding tert-OH is 1. The molecule has 0 radical (unpaired) electrons. The van der Waals surface area contributed by atoms with E-state index in [0.717, 1.165) is 0 Å². The third-order valence-corrected chi connectivity index (χ3v) is 2.22. The van der Waals surface area contributed by atoms with Crippen LogP contribution in [0.2, 0.25) is 0 Å². The summed E-state index contributed by atoms with van der Waals surface area (Å²) in [5.41, 5.74) is -1.30. The van der Waals surface area contributed by atoms with Crippen LogP contribution < -0.4 is 0 Å². The zero-order valence-electron chi connectivity index (χ0n) is 7.50. The minimum atomic E-state index is -1.45. The fourth-order valence-electron chi connectivity index (χ4n) is 1.23. The first kappa shape index (κ1) is 10.2. The molecule has 0 aliphatic carbocycles. The van der Waals surface area contributed by atoms with Crippen LogP contribution in [-0.2, 0) is 5.60 Å². The average Bonchev–Trinajstić information content (AvgIpc) is 2.17. The van der Waals surface area contributed by atoms with Crippen molar-refractivity contribution in [2.45, 2.75) is 18.9 Å². The van der Waals surface area contributed by atoms with Gasteiger partial charge < -0.3 is 10.2 Å². The van der Waals surface area contributed by atoms with Crippen LogP contribution in [0, 0.1) is 5.82 Å². The lowest BCUT2D eigenvalue weighted by Gasteiger charge is -2.24. The van der Waals surface area contributed by atoms with Gasteiger partial charge in [-0.15, -0.1) is 0 Å². The first-order valence-electron chi connectivity index (χ1n) is 4.22. The van der Waals surface area contributed by atoms with Crippen molar-refractivity contribution >= 4 is 0 Å². The van der Waals surface area contributed by atoms with Crippen molar-refractivity contribution in [2.24, 2.45) is 0 Å². The number of aliphatic hydroxyl groups is 2. The maximum absolute atomic E-state index is 13.2. The molecule has 2 nitrogen and oxygen atoms in total. The van der Waals surface area contributed by atoms with Crippen LogP contribution in [0.4, 0.5) is 4.39 Å². The van der Waals surface area contributed by atoms with Crippen LogP contribution in [-0.4, -0.2) is 16.8 Å². The van der Waals surface area contributed by atoms with Gasteiger partial charge in [0.2, 0.25) is 0 Å². The minimum Gasteiger partial charge on any atom is -0.393 e. The summed E-state index contributed by atoms with van der Waals surface area (Å²) >= 11 is 0. The SMILES string of the molecule is CCC(O)(CO)c1ccccc1F. The molecule has 0 saturated heterocycles. The zero-order chi connectivity index (χ0) is 9.90. The highest BCUT2D eigenvalue weighted by Crippen LogP contribution is 2.26. The van der Waals surface area contributed by atoms with E-state index in [9.17, 15) is 9.50 Å². The average molecular weight is 184 g/mol. The molecule has 1 unspecified atom stereocenters. The molecule has 1 aromatic rings. The van der Waals surface area contributed by atoms with Gasteiger partial charge in [-0.25, -0.2) is 4.39 Å². The van der Waals surface area contributed by atoms with Crippen LogP contribution >= 0.6 is 0 Å². The van der Waals surface area contributed by atoms with Gasteiger partial charge in [0.25, 0.3) is 0 Å². The summed E-state index contributed by atoms with van der Waals surface area (Å²) in [5, 5.41) is 18.7. The van der Waals surface area contributed by atoms with Crippen LogP contribution in [0.5, 0.6) is 0 Å². The number of hydrogen-bond donors (Lipinski definition) is 2. The summed E-state index contributed by atoms with van der Waals surface area (Å²) in [5.74, 6) is -0.485. The van der Waals surface area contributed by atoms with E-state index < -0.39 is 18.0 Å². The molecule has 0 saturated carbocycles. The first-order chi connectivity index (χ1) is 6.14. The van der Waals surface area contributed by atoms with Crippen molar-refractivity contribution in [2.75, 3.05) is 6.61 Å². The van der Waals surface area contributed by atoms with E-state index in [-0.39, 0.29) is 12.0 Å². The predicted octanol–water partition coefficient (Wildman–Crippen LogP) is 1.42. The van der Waals surface area contributed by atoms with E-state index in [1.54, 1.807) is 19.1 Å². The molecule has 1 atom stereocenters. The van der Waals surface area contributed by atoms with Gasteiger partial charge in [-0.2, -0.15) is 0 Å². The van der Waals surface area contributed by atoms with E-state index >= 15 is 0 Å². The Labute approximate surface area is 76.6 Å². The van der Waals surface area contributed by atoms with Crippen molar-refractivity contribution in [3.63, 3.8) is 0 Å². The maximum atomic E-state index is 13.2. The standard InChI is InChI=1S/C10H13FO2/c1-2-10(13,7-12)8-5-3-4-6-9(8)11/h3-6,12-13H,2,7H2,1H3. The van der Waals surface area contributed by atoms with Crippen molar-refractivity contribution < 1.29 is 14.6 Å². The molecule has 0 amide bonds. The quantitative estimate of drug-likeness (QED) is 0.745. The van der Waals surface area contributed by atoms with E-state index in [4.69, 9.17) is 5.11 Å². The summed E-state index contributed by atoms with van der Waals surface area (Å²) in [7, 11) is 0. The van der Waals surface area contributed by atoms with Gasteiger partial charge >= 0.3 is 0 Å². The van der Waals surface area contributed by atoms with Crippen LogP contribution in [0.15, 0.2) is 24.3 Å². The molecule has 0 bridgehead atoms. The lowest BCUT2D eigenvalue weighted by atomic mass is 9.92. The smallest absolute Gasteiger partial charge is 0.129 e. The van der Waals surface area contributed by atoms with Gasteiger partial charge in [0.05, 0.1) is 6.61 Å². The number of hydrogen-bond acceptors (Lipinski definition) is 2. The van der Waals surface area contributed by atoms with Gasteiger partial charge in [0, 0.05) is 5.56 Å². The van der Waals surface area contributed by atoms with Crippen LogP contribution in [0.1, 0.15) is 18.9 Å². The summed E-state index contributed by atoms with van der Waals surface area (Å²) < 4.78 is 13.2. The Morgan fingerprint density at radius 2 is 2.00 bits per heavy atom. The Kier molecular flexibility index (Phi) is 3.01. The second-order valence-corrected chi connectivity index (χ2v) is 3.02. The highest BCUT2D eigenvalue weighted by molar-refractivity contribution is 5.24. The lowest BCUT2D eigenvalue weighted by Crippen LogP contribution is -2.30. The van der Waals surface area contributed by atoms with E-state index in [1.165, 1.54) is 12.1 Å². The van der Waals surface area contributed by atoms with Crippen molar-refractivity contribution in [1.82, 2.24) is 0 Å². The number of benzene rings is 1. The fourth-order valence-corrected chi connectivity index (χ4v) is 1.23. The van der Waals surface area contributed by atoms with E-state index in [2.05, 4.69) is 0 Å². The Morgan fingerprint density at radius 3 is 2.46 bits per heavy atom. The van der Waals surface area contributed by atoms with Gasteiger partial charge in [-0.1, -0.05) is 25.1 Å². The second-order valence-electron chi connectivity index (χ2n) is 3.02. The molecule has 0 spiro atoms. The first-order valence-corrected chi connectivity index (χ1v) is 4.22. The predicted molar refractivity (Wildman–Crippen MR) is 47.7 cm³/mol. The van der Waals surface area contributed by atoms with E-state index in [1.807, 2.05) is 0 Å². The normalized spacial score (nSPS) is 15.4. The molecule has 0 aliphatic rings. The van der Waals surface area contributed by atoms with Crippen molar-refractivity contribution in [1.29, 1.82) is 0 Å². The molecular formula is C10H13FO2. The summed E-state index contributed by atoms with van der Waals surface area (Å²) in [6, 6.07) is 5.93. The Hall–Kier alpha value is -0.930. The van der Waals surface area contributed by atoms with Crippen molar-refractivity contribution in [3.8, 4) is 0 Å². The Balaban J connectivity index is 3.12.